The van der Waals surface area contributed by atoms with Crippen molar-refractivity contribution >= 4 is 24.0 Å². The highest BCUT2D eigenvalue weighted by molar-refractivity contribution is 6.15. The molecule has 0 atom stereocenters. The molecule has 0 aromatic heterocycles. The first-order valence-corrected chi connectivity index (χ1v) is 5.59. The van der Waals surface area contributed by atoms with Gasteiger partial charge in [-0.3, -0.25) is 9.69 Å². The smallest absolute Gasteiger partial charge is 0.329 e. The van der Waals surface area contributed by atoms with E-state index in [1.165, 1.54) is 6.08 Å². The zero-order chi connectivity index (χ0) is 14.0. The van der Waals surface area contributed by atoms with E-state index in [1.807, 2.05) is 19.1 Å². The fourth-order valence-electron chi connectivity index (χ4n) is 1.75. The molecule has 0 aliphatic carbocycles. The molecular weight excluding hydrogens is 248 g/mol. The molecule has 0 spiro atoms. The van der Waals surface area contributed by atoms with E-state index in [2.05, 4.69) is 5.32 Å². The number of benzene rings is 1. The SMILES string of the molecule is Cc1ccccc1/C=C1/NC(=O)N(CC(=O)[O-])C1=O. The summed E-state index contributed by atoms with van der Waals surface area (Å²) >= 11 is 0. The fraction of sp³-hybridized carbons (Fsp3) is 0.154. The van der Waals surface area contributed by atoms with Gasteiger partial charge in [0.05, 0.1) is 12.5 Å². The minimum absolute atomic E-state index is 0.0561. The van der Waals surface area contributed by atoms with Gasteiger partial charge in [-0.2, -0.15) is 0 Å². The van der Waals surface area contributed by atoms with Crippen molar-refractivity contribution in [2.75, 3.05) is 6.54 Å². The van der Waals surface area contributed by atoms with E-state index in [9.17, 15) is 19.5 Å². The van der Waals surface area contributed by atoms with Gasteiger partial charge in [-0.1, -0.05) is 24.3 Å². The third-order valence-electron chi connectivity index (χ3n) is 2.74. The van der Waals surface area contributed by atoms with Crippen molar-refractivity contribution in [2.45, 2.75) is 6.92 Å². The zero-order valence-corrected chi connectivity index (χ0v) is 10.2. The van der Waals surface area contributed by atoms with Crippen molar-refractivity contribution in [1.29, 1.82) is 0 Å². The number of hydrogen-bond donors (Lipinski definition) is 1. The molecule has 1 fully saturated rings. The Kier molecular flexibility index (Phi) is 3.33. The molecule has 19 heavy (non-hydrogen) atoms. The van der Waals surface area contributed by atoms with Gasteiger partial charge in [0.25, 0.3) is 5.91 Å². The molecular formula is C13H11N2O4-. The Labute approximate surface area is 109 Å². The number of carboxylic acids is 1. The van der Waals surface area contributed by atoms with Gasteiger partial charge >= 0.3 is 6.03 Å². The van der Waals surface area contributed by atoms with Crippen molar-refractivity contribution in [1.82, 2.24) is 10.2 Å². The molecule has 3 amide bonds. The van der Waals surface area contributed by atoms with E-state index in [0.717, 1.165) is 11.1 Å². The van der Waals surface area contributed by atoms with Gasteiger partial charge in [-0.15, -0.1) is 0 Å². The van der Waals surface area contributed by atoms with Crippen LogP contribution in [0.1, 0.15) is 11.1 Å². The second-order valence-corrected chi connectivity index (χ2v) is 4.11. The van der Waals surface area contributed by atoms with E-state index in [-0.39, 0.29) is 5.70 Å². The highest BCUT2D eigenvalue weighted by atomic mass is 16.4. The third kappa shape index (κ3) is 2.62. The number of nitrogens with one attached hydrogen (secondary N) is 1. The van der Waals surface area contributed by atoms with Gasteiger partial charge < -0.3 is 15.2 Å². The predicted octanol–water partition coefficient (Wildman–Crippen LogP) is -0.362. The van der Waals surface area contributed by atoms with Crippen LogP contribution in [0.3, 0.4) is 0 Å². The molecule has 2 rings (SSSR count). The lowest BCUT2D eigenvalue weighted by Crippen LogP contribution is -2.41. The molecule has 1 aliphatic heterocycles. The van der Waals surface area contributed by atoms with Crippen LogP contribution in [0.2, 0.25) is 0 Å². The molecule has 98 valence electrons. The first kappa shape index (κ1) is 12.8. The molecule has 1 saturated heterocycles. The van der Waals surface area contributed by atoms with Gasteiger partial charge in [0.1, 0.15) is 5.70 Å². The largest absolute Gasteiger partial charge is 0.548 e. The fourth-order valence-corrected chi connectivity index (χ4v) is 1.75. The second kappa shape index (κ2) is 4.93. The summed E-state index contributed by atoms with van der Waals surface area (Å²) in [4.78, 5) is 34.4. The Morgan fingerprint density at radius 1 is 1.37 bits per heavy atom. The standard InChI is InChI=1S/C13H12N2O4/c1-8-4-2-3-5-9(8)6-10-12(18)15(7-11(16)17)13(19)14-10/h2-6H,7H2,1H3,(H,14,19)(H,16,17)/p-1/b10-6+. The summed E-state index contributed by atoms with van der Waals surface area (Å²) < 4.78 is 0. The maximum Gasteiger partial charge on any atom is 0.329 e. The number of urea groups is 1. The molecule has 0 bridgehead atoms. The number of aryl methyl sites for hydroxylation is 1. The summed E-state index contributed by atoms with van der Waals surface area (Å²) in [5.74, 6) is -2.15. The number of imide groups is 1. The Morgan fingerprint density at radius 3 is 2.68 bits per heavy atom. The van der Waals surface area contributed by atoms with E-state index in [0.29, 0.717) is 4.90 Å². The lowest BCUT2D eigenvalue weighted by molar-refractivity contribution is -0.305. The molecule has 1 aromatic carbocycles. The van der Waals surface area contributed by atoms with E-state index < -0.39 is 24.5 Å². The highest BCUT2D eigenvalue weighted by Gasteiger charge is 2.33. The number of aliphatic carboxylic acids is 1. The van der Waals surface area contributed by atoms with Gasteiger partial charge in [0.15, 0.2) is 0 Å². The van der Waals surface area contributed by atoms with Crippen molar-refractivity contribution in [2.24, 2.45) is 0 Å². The van der Waals surface area contributed by atoms with Crippen molar-refractivity contribution < 1.29 is 19.5 Å². The normalized spacial score (nSPS) is 16.9. The average molecular weight is 259 g/mol. The molecule has 0 saturated carbocycles. The van der Waals surface area contributed by atoms with E-state index in [4.69, 9.17) is 0 Å². The van der Waals surface area contributed by atoms with Crippen LogP contribution in [0.4, 0.5) is 4.79 Å². The number of carboxylic acid groups (broad SMARTS) is 1. The molecule has 1 aromatic rings. The summed E-state index contributed by atoms with van der Waals surface area (Å²) in [7, 11) is 0. The monoisotopic (exact) mass is 259 g/mol. The van der Waals surface area contributed by atoms with Gasteiger partial charge in [-0.05, 0) is 24.1 Å². The predicted molar refractivity (Wildman–Crippen MR) is 64.4 cm³/mol. The third-order valence-corrected chi connectivity index (χ3v) is 2.74. The number of amides is 3. The molecule has 1 heterocycles. The molecule has 1 aliphatic rings. The summed E-state index contributed by atoms with van der Waals surface area (Å²) in [5.41, 5.74) is 1.78. The van der Waals surface area contributed by atoms with Gasteiger partial charge in [-0.25, -0.2) is 4.79 Å². The van der Waals surface area contributed by atoms with Gasteiger partial charge in [0.2, 0.25) is 0 Å². The highest BCUT2D eigenvalue weighted by Crippen LogP contribution is 2.16. The topological polar surface area (TPSA) is 89.5 Å². The van der Waals surface area contributed by atoms with Crippen molar-refractivity contribution in [3.05, 3.63) is 41.1 Å². The molecule has 6 nitrogen and oxygen atoms in total. The maximum absolute atomic E-state index is 11.9. The summed E-state index contributed by atoms with van der Waals surface area (Å²) in [6.07, 6.45) is 1.52. The van der Waals surface area contributed by atoms with Crippen LogP contribution in [0.25, 0.3) is 6.08 Å². The summed E-state index contributed by atoms with van der Waals surface area (Å²) in [5, 5.41) is 12.8. The molecule has 0 unspecified atom stereocenters. The minimum atomic E-state index is -1.49. The Balaban J connectivity index is 2.28. The summed E-state index contributed by atoms with van der Waals surface area (Å²) in [6, 6.07) is 6.57. The molecule has 1 N–H and O–H groups in total. The lowest BCUT2D eigenvalue weighted by atomic mass is 10.1. The van der Waals surface area contributed by atoms with Crippen molar-refractivity contribution in [3.8, 4) is 0 Å². The van der Waals surface area contributed by atoms with Crippen LogP contribution in [-0.4, -0.2) is 29.4 Å². The Hall–Kier alpha value is -2.63. The molecule has 6 heteroatoms. The maximum atomic E-state index is 11.9. The zero-order valence-electron chi connectivity index (χ0n) is 10.2. The van der Waals surface area contributed by atoms with Crippen LogP contribution < -0.4 is 10.4 Å². The number of rotatable bonds is 3. The van der Waals surface area contributed by atoms with E-state index >= 15 is 0 Å². The van der Waals surface area contributed by atoms with Crippen LogP contribution in [0, 0.1) is 6.92 Å². The number of hydrogen-bond acceptors (Lipinski definition) is 4. The summed E-state index contributed by atoms with van der Waals surface area (Å²) in [6.45, 7) is 1.11. The van der Waals surface area contributed by atoms with Gasteiger partial charge in [0, 0.05) is 0 Å². The minimum Gasteiger partial charge on any atom is -0.548 e. The Morgan fingerprint density at radius 2 is 2.05 bits per heavy atom. The Bertz CT molecular complexity index is 592. The van der Waals surface area contributed by atoms with Crippen molar-refractivity contribution in [3.63, 3.8) is 0 Å². The quantitative estimate of drug-likeness (QED) is 0.593. The van der Waals surface area contributed by atoms with E-state index in [1.54, 1.807) is 12.1 Å². The molecule has 0 radical (unpaired) electrons. The van der Waals surface area contributed by atoms with Crippen LogP contribution in [0.5, 0.6) is 0 Å². The lowest BCUT2D eigenvalue weighted by Gasteiger charge is -2.11. The average Bonchev–Trinajstić information content (AvgIpc) is 2.60. The van der Waals surface area contributed by atoms with Crippen LogP contribution in [0.15, 0.2) is 30.0 Å². The number of nitrogens with zero attached hydrogens (tertiary/aromatic N) is 1. The second-order valence-electron chi connectivity index (χ2n) is 4.11. The first-order chi connectivity index (χ1) is 8.99. The first-order valence-electron chi connectivity index (χ1n) is 5.59. The number of carbonyl (C=O) groups excluding carboxylic acids is 3. The number of carbonyl (C=O) groups is 3. The van der Waals surface area contributed by atoms with Crippen LogP contribution in [-0.2, 0) is 9.59 Å². The van der Waals surface area contributed by atoms with Crippen LogP contribution >= 0.6 is 0 Å².